The summed E-state index contributed by atoms with van der Waals surface area (Å²) in [6.45, 7) is 5.04. The van der Waals surface area contributed by atoms with Gasteiger partial charge in [0.1, 0.15) is 16.9 Å². The van der Waals surface area contributed by atoms with Crippen molar-refractivity contribution in [3.63, 3.8) is 0 Å². The van der Waals surface area contributed by atoms with Crippen LogP contribution in [0.5, 0.6) is 0 Å². The van der Waals surface area contributed by atoms with E-state index in [0.717, 1.165) is 11.8 Å². The normalized spacial score (nSPS) is 12.2. The zero-order valence-corrected chi connectivity index (χ0v) is 12.3. The van der Waals surface area contributed by atoms with E-state index in [1.807, 2.05) is 13.8 Å². The molecular formula is C12H17N3O4S. The number of hydrogen-bond donors (Lipinski definition) is 3. The van der Waals surface area contributed by atoms with Crippen molar-refractivity contribution < 1.29 is 14.7 Å². The number of carbonyl (C=O) groups excluding carboxylic acids is 1. The number of carbonyl (C=O) groups is 2. The van der Waals surface area contributed by atoms with E-state index in [0.29, 0.717) is 10.9 Å². The highest BCUT2D eigenvalue weighted by atomic mass is 32.2. The topological polar surface area (TPSA) is 112 Å². The van der Waals surface area contributed by atoms with Gasteiger partial charge in [-0.2, -0.15) is 0 Å². The minimum absolute atomic E-state index is 0.0638. The van der Waals surface area contributed by atoms with Crippen LogP contribution in [0.3, 0.4) is 0 Å². The molecule has 1 heterocycles. The number of nitrogens with one attached hydrogen (secondary N) is 2. The first-order chi connectivity index (χ1) is 9.29. The van der Waals surface area contributed by atoms with Gasteiger partial charge in [0, 0.05) is 24.7 Å². The molecule has 0 aromatic carbocycles. The fourth-order valence-corrected chi connectivity index (χ4v) is 2.31. The Morgan fingerprint density at radius 2 is 2.15 bits per heavy atom. The molecule has 0 fully saturated rings. The van der Waals surface area contributed by atoms with Gasteiger partial charge in [-0.05, 0) is 0 Å². The number of thioether (sulfide) groups is 1. The Bertz CT molecular complexity index is 556. The lowest BCUT2D eigenvalue weighted by Gasteiger charge is -2.12. The molecule has 1 rings (SSSR count). The first-order valence-electron chi connectivity index (χ1n) is 6.03. The van der Waals surface area contributed by atoms with Crippen LogP contribution in [0.15, 0.2) is 15.9 Å². The summed E-state index contributed by atoms with van der Waals surface area (Å²) >= 11 is 1.12. The van der Waals surface area contributed by atoms with Crippen molar-refractivity contribution in [1.29, 1.82) is 0 Å². The van der Waals surface area contributed by atoms with Crippen LogP contribution in [0.1, 0.15) is 32.5 Å². The van der Waals surface area contributed by atoms with Crippen LogP contribution in [0.4, 0.5) is 0 Å². The summed E-state index contributed by atoms with van der Waals surface area (Å²) in [7, 11) is 0. The van der Waals surface area contributed by atoms with Gasteiger partial charge in [0.15, 0.2) is 0 Å². The molecule has 1 amide bonds. The van der Waals surface area contributed by atoms with E-state index in [4.69, 9.17) is 5.11 Å². The fraction of sp³-hybridized carbons (Fsp3) is 0.500. The Kier molecular flexibility index (Phi) is 5.75. The summed E-state index contributed by atoms with van der Waals surface area (Å²) < 4.78 is 0. The molecular weight excluding hydrogens is 282 g/mol. The number of aromatic amines is 1. The highest BCUT2D eigenvalue weighted by molar-refractivity contribution is 7.99. The van der Waals surface area contributed by atoms with E-state index >= 15 is 0 Å². The summed E-state index contributed by atoms with van der Waals surface area (Å²) in [5.41, 5.74) is -0.280. The maximum Gasteiger partial charge on any atom is 0.327 e. The van der Waals surface area contributed by atoms with Crippen LogP contribution in [0, 0.1) is 0 Å². The van der Waals surface area contributed by atoms with Crippen molar-refractivity contribution >= 4 is 23.6 Å². The Balaban J connectivity index is 2.80. The van der Waals surface area contributed by atoms with Gasteiger partial charge in [-0.25, -0.2) is 9.78 Å². The SMILES string of the molecule is CC(=O)N[C@@H](CSc1cc(=O)[nH]c(C(C)C)n1)C(=O)O. The monoisotopic (exact) mass is 299 g/mol. The quantitative estimate of drug-likeness (QED) is 0.523. The first-order valence-corrected chi connectivity index (χ1v) is 7.02. The summed E-state index contributed by atoms with van der Waals surface area (Å²) in [5.74, 6) is -0.829. The highest BCUT2D eigenvalue weighted by Crippen LogP contribution is 2.17. The van der Waals surface area contributed by atoms with Crippen LogP contribution >= 0.6 is 11.8 Å². The zero-order valence-electron chi connectivity index (χ0n) is 11.5. The molecule has 7 nitrogen and oxygen atoms in total. The minimum Gasteiger partial charge on any atom is -0.480 e. The first kappa shape index (κ1) is 16.2. The summed E-state index contributed by atoms with van der Waals surface area (Å²) in [4.78, 5) is 40.2. The molecule has 0 aliphatic heterocycles. The molecule has 1 atom stereocenters. The molecule has 0 aliphatic carbocycles. The van der Waals surface area contributed by atoms with E-state index in [1.165, 1.54) is 13.0 Å². The van der Waals surface area contributed by atoms with Gasteiger partial charge in [0.05, 0.1) is 0 Å². The van der Waals surface area contributed by atoms with Gasteiger partial charge >= 0.3 is 5.97 Å². The third-order valence-electron chi connectivity index (χ3n) is 2.36. The molecule has 0 spiro atoms. The van der Waals surface area contributed by atoms with Crippen LogP contribution < -0.4 is 10.9 Å². The number of amides is 1. The van der Waals surface area contributed by atoms with Crippen molar-refractivity contribution in [1.82, 2.24) is 15.3 Å². The molecule has 3 N–H and O–H groups in total. The number of rotatable bonds is 6. The predicted molar refractivity (Wildman–Crippen MR) is 74.9 cm³/mol. The molecule has 0 saturated carbocycles. The van der Waals surface area contributed by atoms with Gasteiger partial charge in [0.25, 0.3) is 5.56 Å². The van der Waals surface area contributed by atoms with E-state index in [9.17, 15) is 14.4 Å². The van der Waals surface area contributed by atoms with Crippen LogP contribution in [0.2, 0.25) is 0 Å². The third kappa shape index (κ3) is 5.04. The number of H-pyrrole nitrogens is 1. The highest BCUT2D eigenvalue weighted by Gasteiger charge is 2.19. The van der Waals surface area contributed by atoms with Crippen LogP contribution in [-0.4, -0.2) is 38.7 Å². The van der Waals surface area contributed by atoms with Gasteiger partial charge in [-0.15, -0.1) is 11.8 Å². The molecule has 0 aliphatic rings. The molecule has 0 bridgehead atoms. The molecule has 1 aromatic rings. The second-order valence-corrected chi connectivity index (χ2v) is 5.57. The van der Waals surface area contributed by atoms with Crippen molar-refractivity contribution in [3.05, 3.63) is 22.2 Å². The van der Waals surface area contributed by atoms with Gasteiger partial charge < -0.3 is 15.4 Å². The van der Waals surface area contributed by atoms with Crippen molar-refractivity contribution in [2.24, 2.45) is 0 Å². The smallest absolute Gasteiger partial charge is 0.327 e. The standard InChI is InChI=1S/C12H17N3O4S/c1-6(2)11-14-9(17)4-10(15-11)20-5-8(12(18)19)13-7(3)16/h4,6,8H,5H2,1-3H3,(H,13,16)(H,18,19)(H,14,15,17)/t8-/m0/s1. The molecule has 0 unspecified atom stereocenters. The van der Waals surface area contributed by atoms with Gasteiger partial charge in [0.2, 0.25) is 5.91 Å². The lowest BCUT2D eigenvalue weighted by atomic mass is 10.2. The number of hydrogen-bond acceptors (Lipinski definition) is 5. The van der Waals surface area contributed by atoms with E-state index in [2.05, 4.69) is 15.3 Å². The van der Waals surface area contributed by atoms with Crippen LogP contribution in [0.25, 0.3) is 0 Å². The molecule has 0 radical (unpaired) electrons. The van der Waals surface area contributed by atoms with E-state index in [-0.39, 0.29) is 17.2 Å². The zero-order chi connectivity index (χ0) is 15.3. The second kappa shape index (κ2) is 7.09. The van der Waals surface area contributed by atoms with Gasteiger partial charge in [-0.3, -0.25) is 9.59 Å². The molecule has 8 heteroatoms. The average molecular weight is 299 g/mol. The lowest BCUT2D eigenvalue weighted by molar-refractivity contribution is -0.140. The summed E-state index contributed by atoms with van der Waals surface area (Å²) in [6.07, 6.45) is 0. The van der Waals surface area contributed by atoms with E-state index < -0.39 is 17.9 Å². The average Bonchev–Trinajstić information content (AvgIpc) is 2.33. The molecule has 0 saturated heterocycles. The number of carboxylic acids is 1. The summed E-state index contributed by atoms with van der Waals surface area (Å²) in [5, 5.41) is 11.7. The largest absolute Gasteiger partial charge is 0.480 e. The fourth-order valence-electron chi connectivity index (χ4n) is 1.39. The Hall–Kier alpha value is -1.83. The summed E-state index contributed by atoms with van der Waals surface area (Å²) in [6, 6.07) is 0.296. The number of nitrogens with zero attached hydrogens (tertiary/aromatic N) is 1. The van der Waals surface area contributed by atoms with Crippen LogP contribution in [-0.2, 0) is 9.59 Å². The minimum atomic E-state index is -1.12. The van der Waals surface area contributed by atoms with Gasteiger partial charge in [-0.1, -0.05) is 13.8 Å². The molecule has 20 heavy (non-hydrogen) atoms. The Labute approximate surface area is 120 Å². The molecule has 1 aromatic heterocycles. The Morgan fingerprint density at radius 3 is 2.65 bits per heavy atom. The maximum absolute atomic E-state index is 11.5. The molecule has 110 valence electrons. The lowest BCUT2D eigenvalue weighted by Crippen LogP contribution is -2.41. The number of aliphatic carboxylic acids is 1. The second-order valence-electron chi connectivity index (χ2n) is 4.53. The van der Waals surface area contributed by atoms with Crippen molar-refractivity contribution in [3.8, 4) is 0 Å². The third-order valence-corrected chi connectivity index (χ3v) is 3.36. The van der Waals surface area contributed by atoms with Crippen molar-refractivity contribution in [2.45, 2.75) is 37.8 Å². The number of carboxylic acid groups (broad SMARTS) is 1. The van der Waals surface area contributed by atoms with Crippen molar-refractivity contribution in [2.75, 3.05) is 5.75 Å². The predicted octanol–water partition coefficient (Wildman–Crippen LogP) is 0.575. The Morgan fingerprint density at radius 1 is 1.50 bits per heavy atom. The van der Waals surface area contributed by atoms with E-state index in [1.54, 1.807) is 0 Å². The maximum atomic E-state index is 11.5. The number of aromatic nitrogens is 2.